The molecule has 1 aromatic heterocycles. The van der Waals surface area contributed by atoms with Gasteiger partial charge in [0.15, 0.2) is 0 Å². The first-order valence-electron chi connectivity index (χ1n) is 6.38. The monoisotopic (exact) mass is 337 g/mol. The van der Waals surface area contributed by atoms with Crippen LogP contribution in [0, 0.1) is 0 Å². The lowest BCUT2D eigenvalue weighted by atomic mass is 10.4. The molecule has 0 amide bonds. The number of benzene rings is 1. The zero-order valence-electron chi connectivity index (χ0n) is 10.5. The molecule has 1 heterocycles. The van der Waals surface area contributed by atoms with Crippen molar-refractivity contribution < 1.29 is 0 Å². The van der Waals surface area contributed by atoms with Gasteiger partial charge in [-0.05, 0) is 37.1 Å². The third-order valence-corrected chi connectivity index (χ3v) is 5.30. The van der Waals surface area contributed by atoms with E-state index in [2.05, 4.69) is 55.5 Å². The maximum Gasteiger partial charge on any atom is 0.0922 e. The number of aromatic amines is 1. The Morgan fingerprint density at radius 2 is 2.11 bits per heavy atom. The number of thioether (sulfide) groups is 1. The standard InChI is InChI=1S/C14H16BrN3S/c15-11-1-3-13(4-2-11)19-14(5-6-14)9-16-7-12-8-17-10-18-12/h1-4,8,10,16H,5-7,9H2,(H,17,18). The minimum Gasteiger partial charge on any atom is -0.347 e. The molecule has 3 nitrogen and oxygen atoms in total. The highest BCUT2D eigenvalue weighted by molar-refractivity contribution is 9.10. The summed E-state index contributed by atoms with van der Waals surface area (Å²) < 4.78 is 1.53. The summed E-state index contributed by atoms with van der Waals surface area (Å²) >= 11 is 5.47. The van der Waals surface area contributed by atoms with Crippen molar-refractivity contribution in [2.24, 2.45) is 0 Å². The fourth-order valence-corrected chi connectivity index (χ4v) is 3.53. The van der Waals surface area contributed by atoms with Crippen LogP contribution in [0.4, 0.5) is 0 Å². The highest BCUT2D eigenvalue weighted by Crippen LogP contribution is 2.51. The number of hydrogen-bond donors (Lipinski definition) is 2. The predicted octanol–water partition coefficient (Wildman–Crippen LogP) is 3.59. The van der Waals surface area contributed by atoms with Gasteiger partial charge in [0.2, 0.25) is 0 Å². The molecule has 2 aromatic rings. The van der Waals surface area contributed by atoms with E-state index in [1.807, 2.05) is 18.0 Å². The molecule has 1 fully saturated rings. The van der Waals surface area contributed by atoms with E-state index >= 15 is 0 Å². The number of hydrogen-bond acceptors (Lipinski definition) is 3. The van der Waals surface area contributed by atoms with E-state index in [0.29, 0.717) is 4.75 Å². The minimum absolute atomic E-state index is 0.397. The maximum atomic E-state index is 4.02. The smallest absolute Gasteiger partial charge is 0.0922 e. The van der Waals surface area contributed by atoms with Crippen LogP contribution in [0.1, 0.15) is 18.5 Å². The van der Waals surface area contributed by atoms with Crippen molar-refractivity contribution in [2.45, 2.75) is 29.0 Å². The molecule has 5 heteroatoms. The van der Waals surface area contributed by atoms with Crippen LogP contribution < -0.4 is 5.32 Å². The third kappa shape index (κ3) is 3.61. The first-order valence-corrected chi connectivity index (χ1v) is 7.99. The summed E-state index contributed by atoms with van der Waals surface area (Å²) in [7, 11) is 0. The summed E-state index contributed by atoms with van der Waals surface area (Å²) in [5, 5.41) is 3.52. The van der Waals surface area contributed by atoms with Crippen LogP contribution in [0.15, 0.2) is 46.2 Å². The van der Waals surface area contributed by atoms with Gasteiger partial charge in [-0.1, -0.05) is 15.9 Å². The van der Waals surface area contributed by atoms with Gasteiger partial charge < -0.3 is 10.3 Å². The minimum atomic E-state index is 0.397. The largest absolute Gasteiger partial charge is 0.347 e. The van der Waals surface area contributed by atoms with Crippen molar-refractivity contribution >= 4 is 27.7 Å². The van der Waals surface area contributed by atoms with E-state index in [1.54, 1.807) is 6.33 Å². The second kappa shape index (κ2) is 5.69. The molecule has 0 bridgehead atoms. The third-order valence-electron chi connectivity index (χ3n) is 3.27. The lowest BCUT2D eigenvalue weighted by Gasteiger charge is -2.15. The molecule has 100 valence electrons. The Bertz CT molecular complexity index is 520. The van der Waals surface area contributed by atoms with Gasteiger partial charge in [0.05, 0.1) is 6.33 Å². The van der Waals surface area contributed by atoms with Crippen molar-refractivity contribution in [3.8, 4) is 0 Å². The first kappa shape index (κ1) is 13.2. The molecule has 1 aliphatic rings. The molecule has 2 N–H and O–H groups in total. The molecule has 3 rings (SSSR count). The first-order chi connectivity index (χ1) is 9.26. The Kier molecular flexibility index (Phi) is 3.96. The van der Waals surface area contributed by atoms with Gasteiger partial charge in [-0.25, -0.2) is 4.98 Å². The van der Waals surface area contributed by atoms with E-state index in [-0.39, 0.29) is 0 Å². The van der Waals surface area contributed by atoms with E-state index in [4.69, 9.17) is 0 Å². The van der Waals surface area contributed by atoms with Crippen LogP contribution >= 0.6 is 27.7 Å². The van der Waals surface area contributed by atoms with Crippen LogP contribution in [-0.2, 0) is 6.54 Å². The van der Waals surface area contributed by atoms with Crippen LogP contribution in [0.25, 0.3) is 0 Å². The van der Waals surface area contributed by atoms with Gasteiger partial charge in [-0.15, -0.1) is 11.8 Å². The molecule has 0 radical (unpaired) electrons. The molecule has 0 spiro atoms. The van der Waals surface area contributed by atoms with Crippen molar-refractivity contribution in [3.63, 3.8) is 0 Å². The summed E-state index contributed by atoms with van der Waals surface area (Å²) in [5.41, 5.74) is 1.14. The zero-order chi connectivity index (χ0) is 13.1. The van der Waals surface area contributed by atoms with Crippen LogP contribution in [0.3, 0.4) is 0 Å². The van der Waals surface area contributed by atoms with Gasteiger partial charge in [0.1, 0.15) is 0 Å². The van der Waals surface area contributed by atoms with Crippen LogP contribution in [-0.4, -0.2) is 21.3 Å². The van der Waals surface area contributed by atoms with E-state index in [0.717, 1.165) is 23.3 Å². The predicted molar refractivity (Wildman–Crippen MR) is 82.3 cm³/mol. The van der Waals surface area contributed by atoms with Crippen molar-refractivity contribution in [2.75, 3.05) is 6.54 Å². The summed E-state index contributed by atoms with van der Waals surface area (Å²) in [5.74, 6) is 0. The Morgan fingerprint density at radius 1 is 1.32 bits per heavy atom. The quantitative estimate of drug-likeness (QED) is 0.846. The summed E-state index contributed by atoms with van der Waals surface area (Å²) in [4.78, 5) is 8.49. The number of nitrogens with one attached hydrogen (secondary N) is 2. The highest BCUT2D eigenvalue weighted by Gasteiger charge is 2.43. The Hall–Kier alpha value is -0.780. The number of halogens is 1. The van der Waals surface area contributed by atoms with Gasteiger partial charge in [0, 0.05) is 39.1 Å². The van der Waals surface area contributed by atoms with Crippen LogP contribution in [0.2, 0.25) is 0 Å². The molecular formula is C14H16BrN3S. The molecule has 1 aliphatic carbocycles. The van der Waals surface area contributed by atoms with Crippen molar-refractivity contribution in [3.05, 3.63) is 47.0 Å². The van der Waals surface area contributed by atoms with Gasteiger partial charge in [0.25, 0.3) is 0 Å². The number of H-pyrrole nitrogens is 1. The Labute approximate surface area is 125 Å². The van der Waals surface area contributed by atoms with E-state index < -0.39 is 0 Å². The van der Waals surface area contributed by atoms with Crippen molar-refractivity contribution in [1.82, 2.24) is 15.3 Å². The SMILES string of the molecule is Brc1ccc(SC2(CNCc3cnc[nH]3)CC2)cc1. The molecule has 1 aromatic carbocycles. The normalized spacial score (nSPS) is 16.5. The Morgan fingerprint density at radius 3 is 2.74 bits per heavy atom. The number of nitrogens with zero attached hydrogens (tertiary/aromatic N) is 1. The molecule has 0 atom stereocenters. The maximum absolute atomic E-state index is 4.02. The van der Waals surface area contributed by atoms with Gasteiger partial charge in [-0.3, -0.25) is 0 Å². The number of aromatic nitrogens is 2. The van der Waals surface area contributed by atoms with E-state index in [1.165, 1.54) is 17.7 Å². The fraction of sp³-hybridized carbons (Fsp3) is 0.357. The van der Waals surface area contributed by atoms with Gasteiger partial charge in [-0.2, -0.15) is 0 Å². The summed E-state index contributed by atoms with van der Waals surface area (Å²) in [6, 6.07) is 8.58. The topological polar surface area (TPSA) is 40.7 Å². The van der Waals surface area contributed by atoms with Crippen molar-refractivity contribution in [1.29, 1.82) is 0 Å². The Balaban J connectivity index is 1.51. The molecule has 0 unspecified atom stereocenters. The number of rotatable bonds is 6. The lowest BCUT2D eigenvalue weighted by Crippen LogP contribution is -2.25. The zero-order valence-corrected chi connectivity index (χ0v) is 12.9. The molecule has 0 aliphatic heterocycles. The second-order valence-corrected chi connectivity index (χ2v) is 7.38. The fourth-order valence-electron chi connectivity index (χ4n) is 2.01. The van der Waals surface area contributed by atoms with Crippen LogP contribution in [0.5, 0.6) is 0 Å². The highest BCUT2D eigenvalue weighted by atomic mass is 79.9. The van der Waals surface area contributed by atoms with Gasteiger partial charge >= 0.3 is 0 Å². The molecule has 0 saturated heterocycles. The second-order valence-electron chi connectivity index (χ2n) is 4.92. The lowest BCUT2D eigenvalue weighted by molar-refractivity contribution is 0.654. The average Bonchev–Trinajstić information content (AvgIpc) is 2.96. The molecular weight excluding hydrogens is 322 g/mol. The van der Waals surface area contributed by atoms with E-state index in [9.17, 15) is 0 Å². The summed E-state index contributed by atoms with van der Waals surface area (Å²) in [6.45, 7) is 1.91. The number of imidazole rings is 1. The molecule has 19 heavy (non-hydrogen) atoms. The average molecular weight is 338 g/mol. The summed E-state index contributed by atoms with van der Waals surface area (Å²) in [6.07, 6.45) is 6.18. The molecule has 1 saturated carbocycles.